The van der Waals surface area contributed by atoms with Crippen LogP contribution in [-0.2, 0) is 10.8 Å². The smallest absolute Gasteiger partial charge is 0.0502 e. The van der Waals surface area contributed by atoms with Crippen molar-refractivity contribution in [1.29, 1.82) is 0 Å². The number of fused-ring (bicyclic) bond motifs is 1. The van der Waals surface area contributed by atoms with Crippen molar-refractivity contribution in [3.8, 4) is 0 Å². The summed E-state index contributed by atoms with van der Waals surface area (Å²) in [6.07, 6.45) is 7.67. The molecule has 88 valence electrons. The van der Waals surface area contributed by atoms with E-state index in [-0.39, 0.29) is 5.54 Å². The van der Waals surface area contributed by atoms with Crippen molar-refractivity contribution in [2.45, 2.75) is 69.2 Å². The molecule has 1 N–H and O–H groups in total. The maximum absolute atomic E-state index is 12.2. The van der Waals surface area contributed by atoms with Gasteiger partial charge in [0.05, 0.1) is 5.25 Å². The Balaban J connectivity index is 2.08. The summed E-state index contributed by atoms with van der Waals surface area (Å²) >= 11 is 0. The van der Waals surface area contributed by atoms with Crippen LogP contribution >= 0.6 is 0 Å². The average molecular weight is 229 g/mol. The third kappa shape index (κ3) is 2.82. The zero-order valence-corrected chi connectivity index (χ0v) is 10.7. The van der Waals surface area contributed by atoms with Crippen LogP contribution in [0.3, 0.4) is 0 Å². The first-order chi connectivity index (χ1) is 7.08. The summed E-state index contributed by atoms with van der Waals surface area (Å²) in [4.78, 5) is 0. The Morgan fingerprint density at radius 1 is 1.13 bits per heavy atom. The average Bonchev–Trinajstić information content (AvgIpc) is 2.06. The van der Waals surface area contributed by atoms with Gasteiger partial charge in [-0.3, -0.25) is 4.21 Å². The molecule has 1 aliphatic heterocycles. The molecular formula is C12H23NOS. The van der Waals surface area contributed by atoms with Crippen LogP contribution in [0.25, 0.3) is 0 Å². The molecule has 0 aromatic carbocycles. The van der Waals surface area contributed by atoms with Crippen molar-refractivity contribution in [1.82, 2.24) is 5.32 Å². The third-order valence-electron chi connectivity index (χ3n) is 3.62. The Morgan fingerprint density at radius 2 is 1.80 bits per heavy atom. The lowest BCUT2D eigenvalue weighted by Crippen LogP contribution is -2.60. The van der Waals surface area contributed by atoms with Gasteiger partial charge in [-0.2, -0.15) is 0 Å². The predicted octanol–water partition coefficient (Wildman–Crippen LogP) is 2.21. The Bertz CT molecular complexity index is 252. The number of hydrogen-bond acceptors (Lipinski definition) is 2. The second kappa shape index (κ2) is 4.54. The van der Waals surface area contributed by atoms with Gasteiger partial charge in [0.25, 0.3) is 0 Å². The van der Waals surface area contributed by atoms with E-state index in [1.54, 1.807) is 0 Å². The molecule has 3 unspecified atom stereocenters. The van der Waals surface area contributed by atoms with E-state index >= 15 is 0 Å². The topological polar surface area (TPSA) is 29.1 Å². The molecule has 0 aromatic heterocycles. The highest BCUT2D eigenvalue weighted by Gasteiger charge is 2.38. The fourth-order valence-corrected chi connectivity index (χ4v) is 4.95. The Morgan fingerprint density at radius 3 is 2.53 bits per heavy atom. The zero-order valence-electron chi connectivity index (χ0n) is 9.92. The normalized spacial score (nSPS) is 41.3. The molecule has 15 heavy (non-hydrogen) atoms. The number of hydrogen-bond donors (Lipinski definition) is 1. The van der Waals surface area contributed by atoms with Crippen LogP contribution in [0.5, 0.6) is 0 Å². The zero-order chi connectivity index (χ0) is 10.9. The Labute approximate surface area is 95.7 Å². The van der Waals surface area contributed by atoms with Crippen molar-refractivity contribution in [3.63, 3.8) is 0 Å². The molecule has 2 fully saturated rings. The second-order valence-electron chi connectivity index (χ2n) is 5.69. The molecule has 1 aliphatic carbocycles. The van der Waals surface area contributed by atoms with E-state index < -0.39 is 10.8 Å². The van der Waals surface area contributed by atoms with E-state index in [4.69, 9.17) is 0 Å². The van der Waals surface area contributed by atoms with Gasteiger partial charge in [-0.25, -0.2) is 0 Å². The van der Waals surface area contributed by atoms with Gasteiger partial charge in [-0.1, -0.05) is 25.7 Å². The predicted molar refractivity (Wildman–Crippen MR) is 65.5 cm³/mol. The molecule has 1 saturated carbocycles. The maximum Gasteiger partial charge on any atom is 0.0502 e. The molecule has 1 saturated heterocycles. The summed E-state index contributed by atoms with van der Waals surface area (Å²) < 4.78 is 12.2. The minimum Gasteiger partial charge on any atom is -0.307 e. The van der Waals surface area contributed by atoms with Gasteiger partial charge in [-0.05, 0) is 26.7 Å². The number of nitrogens with one attached hydrogen (secondary N) is 1. The summed E-state index contributed by atoms with van der Waals surface area (Å²) in [7, 11) is -0.607. The van der Waals surface area contributed by atoms with Crippen molar-refractivity contribution in [2.24, 2.45) is 0 Å². The summed E-state index contributed by atoms with van der Waals surface area (Å²) in [5, 5.41) is 4.13. The monoisotopic (exact) mass is 229 g/mol. The quantitative estimate of drug-likeness (QED) is 0.690. The van der Waals surface area contributed by atoms with Crippen LogP contribution in [0.1, 0.15) is 52.4 Å². The second-order valence-corrected chi connectivity index (χ2v) is 7.35. The summed E-state index contributed by atoms with van der Waals surface area (Å²) in [6.45, 7) is 4.36. The van der Waals surface area contributed by atoms with E-state index in [9.17, 15) is 4.21 Å². The Kier molecular flexibility index (Phi) is 3.51. The van der Waals surface area contributed by atoms with Crippen molar-refractivity contribution in [2.75, 3.05) is 5.75 Å². The molecule has 0 bridgehead atoms. The lowest BCUT2D eigenvalue weighted by Gasteiger charge is -2.42. The fourth-order valence-electron chi connectivity index (χ4n) is 2.94. The van der Waals surface area contributed by atoms with Gasteiger partial charge >= 0.3 is 0 Å². The van der Waals surface area contributed by atoms with Gasteiger partial charge in [0, 0.05) is 28.1 Å². The van der Waals surface area contributed by atoms with Gasteiger partial charge in [0.15, 0.2) is 0 Å². The van der Waals surface area contributed by atoms with Crippen molar-refractivity contribution < 1.29 is 4.21 Å². The summed E-state index contributed by atoms with van der Waals surface area (Å²) in [5.41, 5.74) is 0.0746. The maximum atomic E-state index is 12.2. The SMILES string of the molecule is CC1(C)CS(=O)C2CCCCCCC2N1. The van der Waals surface area contributed by atoms with E-state index in [2.05, 4.69) is 19.2 Å². The van der Waals surface area contributed by atoms with E-state index in [1.807, 2.05) is 0 Å². The number of rotatable bonds is 0. The molecule has 0 spiro atoms. The standard InChI is InChI=1S/C12H23NOS/c1-12(2)9-15(14)11-8-6-4-3-5-7-10(11)13-12/h10-11,13H,3-9H2,1-2H3. The molecule has 2 nitrogen and oxygen atoms in total. The van der Waals surface area contributed by atoms with E-state index in [0.29, 0.717) is 11.3 Å². The minimum absolute atomic E-state index is 0.0746. The van der Waals surface area contributed by atoms with Gasteiger partial charge in [0.1, 0.15) is 0 Å². The third-order valence-corrected chi connectivity index (χ3v) is 5.87. The van der Waals surface area contributed by atoms with Crippen molar-refractivity contribution >= 4 is 10.8 Å². The molecule has 0 amide bonds. The van der Waals surface area contributed by atoms with Gasteiger partial charge in [0.2, 0.25) is 0 Å². The van der Waals surface area contributed by atoms with Gasteiger partial charge < -0.3 is 5.32 Å². The molecule has 3 heteroatoms. The lowest BCUT2D eigenvalue weighted by molar-refractivity contribution is 0.297. The van der Waals surface area contributed by atoms with Crippen LogP contribution in [-0.4, -0.2) is 26.8 Å². The molecule has 2 aliphatic rings. The minimum atomic E-state index is -0.607. The molecular weight excluding hydrogens is 206 g/mol. The first-order valence-electron chi connectivity index (χ1n) is 6.23. The first kappa shape index (κ1) is 11.6. The van der Waals surface area contributed by atoms with E-state index in [0.717, 1.165) is 5.75 Å². The summed E-state index contributed by atoms with van der Waals surface area (Å²) in [6, 6.07) is 0.509. The largest absolute Gasteiger partial charge is 0.307 e. The summed E-state index contributed by atoms with van der Waals surface area (Å²) in [5.74, 6) is 0.828. The van der Waals surface area contributed by atoms with E-state index in [1.165, 1.54) is 38.5 Å². The Hall–Kier alpha value is 0.110. The van der Waals surface area contributed by atoms with Crippen LogP contribution in [0, 0.1) is 0 Å². The highest BCUT2D eigenvalue weighted by molar-refractivity contribution is 7.85. The molecule has 2 rings (SSSR count). The fraction of sp³-hybridized carbons (Fsp3) is 1.00. The highest BCUT2D eigenvalue weighted by atomic mass is 32.2. The van der Waals surface area contributed by atoms with Crippen LogP contribution in [0.15, 0.2) is 0 Å². The lowest BCUT2D eigenvalue weighted by atomic mass is 9.93. The molecule has 0 radical (unpaired) electrons. The van der Waals surface area contributed by atoms with Crippen LogP contribution in [0.2, 0.25) is 0 Å². The van der Waals surface area contributed by atoms with Crippen LogP contribution in [0.4, 0.5) is 0 Å². The van der Waals surface area contributed by atoms with Crippen molar-refractivity contribution in [3.05, 3.63) is 0 Å². The molecule has 1 heterocycles. The van der Waals surface area contributed by atoms with Crippen LogP contribution < -0.4 is 5.32 Å². The molecule has 0 aromatic rings. The van der Waals surface area contributed by atoms with Gasteiger partial charge in [-0.15, -0.1) is 0 Å². The first-order valence-corrected chi connectivity index (χ1v) is 7.62. The highest BCUT2D eigenvalue weighted by Crippen LogP contribution is 2.28. The molecule has 3 atom stereocenters.